The van der Waals surface area contributed by atoms with Crippen LogP contribution in [0.3, 0.4) is 0 Å². The highest BCUT2D eigenvalue weighted by atomic mass is 32.2. The van der Waals surface area contributed by atoms with Crippen molar-refractivity contribution in [1.82, 2.24) is 4.90 Å². The molecule has 1 aliphatic rings. The average molecular weight is 434 g/mol. The zero-order valence-corrected chi connectivity index (χ0v) is 18.4. The number of aryl methyl sites for hydroxylation is 1. The first-order chi connectivity index (χ1) is 14.1. The monoisotopic (exact) mass is 433 g/mol. The summed E-state index contributed by atoms with van der Waals surface area (Å²) in [7, 11) is -3.16. The minimum Gasteiger partial charge on any atom is -0.483 e. The van der Waals surface area contributed by atoms with Gasteiger partial charge in [0.1, 0.15) is 11.6 Å². The van der Waals surface area contributed by atoms with Gasteiger partial charge >= 0.3 is 0 Å². The first-order valence-corrected chi connectivity index (χ1v) is 11.9. The molecule has 1 heterocycles. The number of ether oxygens (including phenoxy) is 1. The summed E-state index contributed by atoms with van der Waals surface area (Å²) in [5.41, 5.74) is 2.79. The summed E-state index contributed by atoms with van der Waals surface area (Å²) in [6, 6.07) is 11.4. The molecule has 1 amide bonds. The second kappa shape index (κ2) is 9.16. The minimum atomic E-state index is -3.16. The maximum Gasteiger partial charge on any atom is 0.261 e. The van der Waals surface area contributed by atoms with Gasteiger partial charge in [-0.25, -0.2) is 12.8 Å². The van der Waals surface area contributed by atoms with Gasteiger partial charge in [-0.15, -0.1) is 0 Å². The molecule has 5 nitrogen and oxygen atoms in total. The summed E-state index contributed by atoms with van der Waals surface area (Å²) >= 11 is 0. The lowest BCUT2D eigenvalue weighted by Crippen LogP contribution is -2.43. The fraction of sp³-hybridized carbons (Fsp3) is 0.435. The van der Waals surface area contributed by atoms with Crippen molar-refractivity contribution in [1.29, 1.82) is 0 Å². The van der Waals surface area contributed by atoms with Crippen LogP contribution in [0.4, 0.5) is 4.39 Å². The van der Waals surface area contributed by atoms with Crippen molar-refractivity contribution in [2.45, 2.75) is 45.7 Å². The van der Waals surface area contributed by atoms with E-state index in [0.29, 0.717) is 12.2 Å². The molecule has 3 rings (SSSR count). The number of halogens is 1. The molecule has 1 unspecified atom stereocenters. The molecule has 0 spiro atoms. The Bertz CT molecular complexity index is 1000. The molecule has 0 aromatic heterocycles. The summed E-state index contributed by atoms with van der Waals surface area (Å²) in [5, 5.41) is 0. The van der Waals surface area contributed by atoms with Gasteiger partial charge in [0, 0.05) is 12.6 Å². The number of hydrogen-bond donors (Lipinski definition) is 0. The molecular weight excluding hydrogens is 405 g/mol. The van der Waals surface area contributed by atoms with Crippen LogP contribution in [0, 0.1) is 12.7 Å². The van der Waals surface area contributed by atoms with E-state index in [0.717, 1.165) is 16.7 Å². The van der Waals surface area contributed by atoms with Gasteiger partial charge in [0.2, 0.25) is 0 Å². The molecule has 1 fully saturated rings. The molecule has 0 saturated carbocycles. The van der Waals surface area contributed by atoms with E-state index in [1.54, 1.807) is 17.0 Å². The number of hydrogen-bond acceptors (Lipinski definition) is 4. The van der Waals surface area contributed by atoms with Crippen molar-refractivity contribution < 1.29 is 22.3 Å². The lowest BCUT2D eigenvalue weighted by Gasteiger charge is -2.28. The molecule has 0 aliphatic carbocycles. The highest BCUT2D eigenvalue weighted by molar-refractivity contribution is 7.91. The van der Waals surface area contributed by atoms with E-state index in [2.05, 4.69) is 13.8 Å². The molecule has 0 bridgehead atoms. The first kappa shape index (κ1) is 22.3. The fourth-order valence-electron chi connectivity index (χ4n) is 3.69. The van der Waals surface area contributed by atoms with Gasteiger partial charge in [0.15, 0.2) is 16.4 Å². The van der Waals surface area contributed by atoms with Crippen LogP contribution in [0.1, 0.15) is 42.9 Å². The Morgan fingerprint density at radius 3 is 2.50 bits per heavy atom. The van der Waals surface area contributed by atoms with E-state index >= 15 is 0 Å². The molecule has 30 heavy (non-hydrogen) atoms. The Morgan fingerprint density at radius 2 is 1.90 bits per heavy atom. The molecule has 2 aromatic rings. The van der Waals surface area contributed by atoms with Gasteiger partial charge in [-0.05, 0) is 54.2 Å². The van der Waals surface area contributed by atoms with E-state index in [9.17, 15) is 17.6 Å². The summed E-state index contributed by atoms with van der Waals surface area (Å²) in [6.45, 7) is 6.12. The molecule has 1 atom stereocenters. The number of carbonyl (C=O) groups excluding carboxylic acids is 1. The molecule has 1 saturated heterocycles. The maximum atomic E-state index is 13.2. The third-order valence-electron chi connectivity index (χ3n) is 5.38. The summed E-state index contributed by atoms with van der Waals surface area (Å²) in [5.74, 6) is 0.287. The second-order valence-electron chi connectivity index (χ2n) is 8.19. The third-order valence-corrected chi connectivity index (χ3v) is 7.13. The third kappa shape index (κ3) is 5.59. The Labute approximate surface area is 177 Å². The van der Waals surface area contributed by atoms with Gasteiger partial charge in [0.25, 0.3) is 5.91 Å². The number of benzene rings is 2. The number of carbonyl (C=O) groups is 1. The highest BCUT2D eigenvalue weighted by Gasteiger charge is 2.35. The van der Waals surface area contributed by atoms with E-state index < -0.39 is 15.9 Å². The predicted octanol–water partition coefficient (Wildman–Crippen LogP) is 3.85. The summed E-state index contributed by atoms with van der Waals surface area (Å²) in [6.07, 6.45) is 0.400. The van der Waals surface area contributed by atoms with Crippen LogP contribution in [-0.2, 0) is 21.2 Å². The van der Waals surface area contributed by atoms with E-state index in [4.69, 9.17) is 4.74 Å². The number of sulfone groups is 1. The smallest absolute Gasteiger partial charge is 0.261 e. The van der Waals surface area contributed by atoms with Crippen LogP contribution in [0.15, 0.2) is 42.5 Å². The van der Waals surface area contributed by atoms with Gasteiger partial charge in [-0.1, -0.05) is 38.1 Å². The van der Waals surface area contributed by atoms with Gasteiger partial charge in [-0.3, -0.25) is 4.79 Å². The second-order valence-corrected chi connectivity index (χ2v) is 10.4. The Morgan fingerprint density at radius 1 is 1.20 bits per heavy atom. The average Bonchev–Trinajstić information content (AvgIpc) is 3.04. The highest BCUT2D eigenvalue weighted by Crippen LogP contribution is 2.28. The maximum absolute atomic E-state index is 13.2. The number of rotatable bonds is 7. The molecule has 0 radical (unpaired) electrons. The number of nitrogens with zero attached hydrogens (tertiary/aromatic N) is 1. The SMILES string of the molecule is Cc1ccc(C(C)C)c(OCC(=O)N(Cc2ccc(F)cc2)C2CCS(=O)(=O)C2)c1. The fourth-order valence-corrected chi connectivity index (χ4v) is 5.43. The van der Waals surface area contributed by atoms with Gasteiger partial charge in [-0.2, -0.15) is 0 Å². The van der Waals surface area contributed by atoms with Crippen molar-refractivity contribution in [2.75, 3.05) is 18.1 Å². The van der Waals surface area contributed by atoms with Crippen LogP contribution < -0.4 is 4.74 Å². The van der Waals surface area contributed by atoms with Crippen molar-refractivity contribution in [3.63, 3.8) is 0 Å². The molecular formula is C23H28FNO4S. The standard InChI is InChI=1S/C23H28FNO4S/c1-16(2)21-9-4-17(3)12-22(21)29-14-23(26)25(20-10-11-30(27,28)15-20)13-18-5-7-19(24)8-6-18/h4-9,12,16,20H,10-11,13-15H2,1-3H3. The Kier molecular flexibility index (Phi) is 6.81. The topological polar surface area (TPSA) is 63.7 Å². The summed E-state index contributed by atoms with van der Waals surface area (Å²) < 4.78 is 43.1. The van der Waals surface area contributed by atoms with Gasteiger partial charge in [0.05, 0.1) is 11.5 Å². The van der Waals surface area contributed by atoms with Crippen LogP contribution in [0.2, 0.25) is 0 Å². The predicted molar refractivity (Wildman–Crippen MR) is 115 cm³/mol. The molecule has 1 aliphatic heterocycles. The quantitative estimate of drug-likeness (QED) is 0.665. The lowest BCUT2D eigenvalue weighted by molar-refractivity contribution is -0.136. The summed E-state index contributed by atoms with van der Waals surface area (Å²) in [4.78, 5) is 14.6. The number of amides is 1. The largest absolute Gasteiger partial charge is 0.483 e. The molecule has 0 N–H and O–H groups in total. The van der Waals surface area contributed by atoms with Gasteiger partial charge < -0.3 is 9.64 Å². The first-order valence-electron chi connectivity index (χ1n) is 10.1. The Balaban J connectivity index is 1.78. The van der Waals surface area contributed by atoms with E-state index in [1.807, 2.05) is 25.1 Å². The molecule has 7 heteroatoms. The molecule has 162 valence electrons. The lowest BCUT2D eigenvalue weighted by atomic mass is 10.0. The van der Waals surface area contributed by atoms with Crippen molar-refractivity contribution in [2.24, 2.45) is 0 Å². The zero-order chi connectivity index (χ0) is 21.9. The van der Waals surface area contributed by atoms with E-state index in [1.165, 1.54) is 12.1 Å². The van der Waals surface area contributed by atoms with Crippen LogP contribution in [-0.4, -0.2) is 43.4 Å². The molecule has 2 aromatic carbocycles. The normalized spacial score (nSPS) is 17.8. The van der Waals surface area contributed by atoms with E-state index in [-0.39, 0.29) is 42.3 Å². The van der Waals surface area contributed by atoms with Crippen molar-refractivity contribution in [3.05, 3.63) is 65.0 Å². The van der Waals surface area contributed by atoms with Crippen LogP contribution in [0.5, 0.6) is 5.75 Å². The van der Waals surface area contributed by atoms with Crippen LogP contribution >= 0.6 is 0 Å². The Hall–Kier alpha value is -2.41. The minimum absolute atomic E-state index is 0.0539. The van der Waals surface area contributed by atoms with Crippen molar-refractivity contribution in [3.8, 4) is 5.75 Å². The van der Waals surface area contributed by atoms with Crippen LogP contribution in [0.25, 0.3) is 0 Å². The van der Waals surface area contributed by atoms with Crippen molar-refractivity contribution >= 4 is 15.7 Å². The zero-order valence-electron chi connectivity index (χ0n) is 17.6.